The van der Waals surface area contributed by atoms with Gasteiger partial charge in [-0.1, -0.05) is 18.2 Å². The summed E-state index contributed by atoms with van der Waals surface area (Å²) in [4.78, 5) is 22.7. The zero-order valence-electron chi connectivity index (χ0n) is 11.7. The summed E-state index contributed by atoms with van der Waals surface area (Å²) in [5.41, 5.74) is 1.67. The van der Waals surface area contributed by atoms with Gasteiger partial charge in [0.25, 0.3) is 5.91 Å². The van der Waals surface area contributed by atoms with Crippen molar-refractivity contribution in [3.63, 3.8) is 0 Å². The van der Waals surface area contributed by atoms with Crippen molar-refractivity contribution in [3.05, 3.63) is 63.7 Å². The molecule has 0 unspecified atom stereocenters. The van der Waals surface area contributed by atoms with E-state index in [1.54, 1.807) is 24.3 Å². The van der Waals surface area contributed by atoms with Crippen LogP contribution in [0.5, 0.6) is 5.75 Å². The molecule has 0 bridgehead atoms. The number of hydrogen-bond donors (Lipinski definition) is 2. The highest BCUT2D eigenvalue weighted by Crippen LogP contribution is 2.32. The fraction of sp³-hybridized carbons (Fsp3) is 0.133. The van der Waals surface area contributed by atoms with E-state index in [0.717, 1.165) is 0 Å². The van der Waals surface area contributed by atoms with E-state index in [4.69, 9.17) is 4.74 Å². The van der Waals surface area contributed by atoms with Gasteiger partial charge in [0.05, 0.1) is 17.6 Å². The Balaban J connectivity index is 1.98. The van der Waals surface area contributed by atoms with Crippen LogP contribution in [0.25, 0.3) is 0 Å². The van der Waals surface area contributed by atoms with E-state index in [1.165, 1.54) is 19.2 Å². The average Bonchev–Trinajstić information content (AvgIpc) is 2.54. The molecule has 0 spiro atoms. The lowest BCUT2D eigenvalue weighted by molar-refractivity contribution is -0.385. The maximum Gasteiger partial charge on any atom is 0.311 e. The lowest BCUT2D eigenvalue weighted by Crippen LogP contribution is -2.38. The summed E-state index contributed by atoms with van der Waals surface area (Å²) < 4.78 is 4.98. The minimum absolute atomic E-state index is 0.144. The molecule has 7 nitrogen and oxygen atoms in total. The fourth-order valence-electron chi connectivity index (χ4n) is 2.40. The van der Waals surface area contributed by atoms with Crippen molar-refractivity contribution >= 4 is 17.3 Å². The van der Waals surface area contributed by atoms with Gasteiger partial charge in [0.15, 0.2) is 5.75 Å². The monoisotopic (exact) mass is 299 g/mol. The van der Waals surface area contributed by atoms with Crippen molar-refractivity contribution in [1.29, 1.82) is 0 Å². The van der Waals surface area contributed by atoms with Crippen LogP contribution in [0.2, 0.25) is 0 Å². The van der Waals surface area contributed by atoms with Gasteiger partial charge in [-0.25, -0.2) is 0 Å². The minimum atomic E-state index is -0.535. The van der Waals surface area contributed by atoms with Crippen molar-refractivity contribution in [2.45, 2.75) is 6.17 Å². The second-order valence-electron chi connectivity index (χ2n) is 4.78. The van der Waals surface area contributed by atoms with Crippen LogP contribution in [0.3, 0.4) is 0 Å². The highest BCUT2D eigenvalue weighted by Gasteiger charge is 2.26. The quantitative estimate of drug-likeness (QED) is 0.670. The minimum Gasteiger partial charge on any atom is -0.490 e. The Labute approximate surface area is 126 Å². The van der Waals surface area contributed by atoms with Gasteiger partial charge >= 0.3 is 5.69 Å². The fourth-order valence-corrected chi connectivity index (χ4v) is 2.40. The SMILES string of the molecule is COc1ccc([C@H]2NC(=O)c3ccccc3N2)cc1[N+](=O)[O-]. The smallest absolute Gasteiger partial charge is 0.311 e. The summed E-state index contributed by atoms with van der Waals surface area (Å²) in [6, 6.07) is 11.7. The van der Waals surface area contributed by atoms with Crippen molar-refractivity contribution in [2.24, 2.45) is 0 Å². The van der Waals surface area contributed by atoms with E-state index in [9.17, 15) is 14.9 Å². The number of ether oxygens (including phenoxy) is 1. The number of carbonyl (C=O) groups is 1. The molecule has 0 aromatic heterocycles. The summed E-state index contributed by atoms with van der Waals surface area (Å²) in [7, 11) is 1.37. The topological polar surface area (TPSA) is 93.5 Å². The van der Waals surface area contributed by atoms with E-state index in [2.05, 4.69) is 10.6 Å². The molecule has 0 fully saturated rings. The van der Waals surface area contributed by atoms with Crippen LogP contribution in [0, 0.1) is 10.1 Å². The van der Waals surface area contributed by atoms with Crippen LogP contribution in [-0.4, -0.2) is 17.9 Å². The van der Waals surface area contributed by atoms with Crippen molar-refractivity contribution in [3.8, 4) is 5.75 Å². The number of para-hydroxylation sites is 1. The molecule has 0 saturated carbocycles. The summed E-state index contributed by atoms with van der Waals surface area (Å²) in [5, 5.41) is 17.0. The summed E-state index contributed by atoms with van der Waals surface area (Å²) in [6.45, 7) is 0. The van der Waals surface area contributed by atoms with Gasteiger partial charge < -0.3 is 15.4 Å². The van der Waals surface area contributed by atoms with Crippen molar-refractivity contribution < 1.29 is 14.5 Å². The largest absolute Gasteiger partial charge is 0.490 e. The Morgan fingerprint density at radius 1 is 1.18 bits per heavy atom. The standard InChI is InChI=1S/C15H13N3O4/c1-22-13-7-6-9(8-12(13)18(20)21)14-16-11-5-3-2-4-10(11)15(19)17-14/h2-8,14,16H,1H3,(H,17,19)/t14-/m1/s1. The second kappa shape index (κ2) is 5.36. The third kappa shape index (κ3) is 2.32. The first kappa shape index (κ1) is 13.9. The van der Waals surface area contributed by atoms with Gasteiger partial charge in [0.2, 0.25) is 0 Å². The molecule has 1 heterocycles. The molecule has 2 aromatic rings. The van der Waals surface area contributed by atoms with Gasteiger partial charge in [0, 0.05) is 17.3 Å². The first-order valence-corrected chi connectivity index (χ1v) is 6.59. The van der Waals surface area contributed by atoms with E-state index in [-0.39, 0.29) is 17.3 Å². The molecule has 112 valence electrons. The predicted octanol–water partition coefficient (Wildman–Crippen LogP) is 2.46. The normalized spacial score (nSPS) is 16.2. The number of rotatable bonds is 3. The van der Waals surface area contributed by atoms with Crippen LogP contribution in [0.15, 0.2) is 42.5 Å². The number of hydrogen-bond acceptors (Lipinski definition) is 5. The number of anilines is 1. The van der Waals surface area contributed by atoms with E-state index < -0.39 is 11.1 Å². The zero-order chi connectivity index (χ0) is 15.7. The molecule has 1 aliphatic rings. The molecular formula is C15H13N3O4. The third-order valence-corrected chi connectivity index (χ3v) is 3.48. The number of nitro groups is 1. The lowest BCUT2D eigenvalue weighted by Gasteiger charge is -2.28. The first-order valence-electron chi connectivity index (χ1n) is 6.59. The number of carbonyl (C=O) groups excluding carboxylic acids is 1. The Kier molecular flexibility index (Phi) is 3.38. The first-order chi connectivity index (χ1) is 10.6. The number of nitrogens with zero attached hydrogens (tertiary/aromatic N) is 1. The van der Waals surface area contributed by atoms with Crippen LogP contribution in [-0.2, 0) is 0 Å². The summed E-state index contributed by atoms with van der Waals surface area (Å²) in [5.74, 6) is -0.0471. The number of benzene rings is 2. The average molecular weight is 299 g/mol. The Hall–Kier alpha value is -3.09. The molecule has 0 radical (unpaired) electrons. The van der Waals surface area contributed by atoms with Crippen LogP contribution < -0.4 is 15.4 Å². The van der Waals surface area contributed by atoms with Crippen molar-refractivity contribution in [2.75, 3.05) is 12.4 Å². The number of nitro benzene ring substituents is 1. The number of nitrogens with one attached hydrogen (secondary N) is 2. The third-order valence-electron chi connectivity index (χ3n) is 3.48. The maximum absolute atomic E-state index is 12.1. The maximum atomic E-state index is 12.1. The molecule has 1 atom stereocenters. The van der Waals surface area contributed by atoms with E-state index >= 15 is 0 Å². The lowest BCUT2D eigenvalue weighted by atomic mass is 10.1. The number of methoxy groups -OCH3 is 1. The van der Waals surface area contributed by atoms with Gasteiger partial charge in [0.1, 0.15) is 6.17 Å². The molecule has 7 heteroatoms. The van der Waals surface area contributed by atoms with E-state index in [1.807, 2.05) is 6.07 Å². The van der Waals surface area contributed by atoms with Gasteiger partial charge in [-0.05, 0) is 18.2 Å². The highest BCUT2D eigenvalue weighted by atomic mass is 16.6. The predicted molar refractivity (Wildman–Crippen MR) is 79.9 cm³/mol. The number of amides is 1. The molecule has 1 amide bonds. The van der Waals surface area contributed by atoms with Gasteiger partial charge in [-0.15, -0.1) is 0 Å². The van der Waals surface area contributed by atoms with E-state index in [0.29, 0.717) is 16.8 Å². The highest BCUT2D eigenvalue weighted by molar-refractivity contribution is 6.01. The summed E-state index contributed by atoms with van der Waals surface area (Å²) in [6.07, 6.45) is -0.535. The molecule has 22 heavy (non-hydrogen) atoms. The Bertz CT molecular complexity index is 760. The second-order valence-corrected chi connectivity index (χ2v) is 4.78. The molecule has 2 N–H and O–H groups in total. The van der Waals surface area contributed by atoms with Crippen LogP contribution >= 0.6 is 0 Å². The summed E-state index contributed by atoms with van der Waals surface area (Å²) >= 11 is 0. The van der Waals surface area contributed by atoms with Crippen LogP contribution in [0.1, 0.15) is 22.1 Å². The Morgan fingerprint density at radius 2 is 1.95 bits per heavy atom. The van der Waals surface area contributed by atoms with Gasteiger partial charge in [-0.2, -0.15) is 0 Å². The van der Waals surface area contributed by atoms with Crippen LogP contribution in [0.4, 0.5) is 11.4 Å². The molecule has 1 aliphatic heterocycles. The molecule has 0 aliphatic carbocycles. The number of fused-ring (bicyclic) bond motifs is 1. The Morgan fingerprint density at radius 3 is 2.68 bits per heavy atom. The molecule has 2 aromatic carbocycles. The molecule has 0 saturated heterocycles. The van der Waals surface area contributed by atoms with Gasteiger partial charge in [-0.3, -0.25) is 14.9 Å². The molecular weight excluding hydrogens is 286 g/mol. The van der Waals surface area contributed by atoms with Crippen molar-refractivity contribution in [1.82, 2.24) is 5.32 Å². The molecule has 3 rings (SSSR count). The zero-order valence-corrected chi connectivity index (χ0v) is 11.7.